The number of carboxylic acid groups (broad SMARTS) is 1. The van der Waals surface area contributed by atoms with Crippen molar-refractivity contribution in [3.8, 4) is 0 Å². The van der Waals surface area contributed by atoms with Crippen LogP contribution in [0.4, 0.5) is 0 Å². The van der Waals surface area contributed by atoms with Gasteiger partial charge in [0, 0.05) is 24.7 Å². The van der Waals surface area contributed by atoms with Crippen molar-refractivity contribution in [2.75, 3.05) is 0 Å². The smallest absolute Gasteiger partial charge is 0.303 e. The van der Waals surface area contributed by atoms with Crippen molar-refractivity contribution in [2.45, 2.75) is 64.9 Å². The zero-order valence-electron chi connectivity index (χ0n) is 15.8. The predicted octanol–water partition coefficient (Wildman–Crippen LogP) is 4.31. The first-order valence-corrected chi connectivity index (χ1v) is 9.56. The zero-order chi connectivity index (χ0) is 19.1. The molecule has 2 rings (SSSR count). The summed E-state index contributed by atoms with van der Waals surface area (Å²) in [6.45, 7) is 4.12. The molecule has 142 valence electrons. The van der Waals surface area contributed by atoms with Crippen LogP contribution >= 0.6 is 0 Å². The van der Waals surface area contributed by atoms with Gasteiger partial charge in [-0.25, -0.2) is 0 Å². The third kappa shape index (κ3) is 6.10. The Balaban J connectivity index is 1.91. The lowest BCUT2D eigenvalue weighted by atomic mass is 9.88. The lowest BCUT2D eigenvalue weighted by molar-refractivity contribution is -0.137. The number of hydrogen-bond acceptors (Lipinski definition) is 3. The van der Waals surface area contributed by atoms with Crippen molar-refractivity contribution in [2.24, 2.45) is 11.8 Å². The summed E-state index contributed by atoms with van der Waals surface area (Å²) < 4.78 is 0. The number of aliphatic hydroxyl groups excluding tert-OH is 1. The number of ketones is 1. The van der Waals surface area contributed by atoms with Crippen molar-refractivity contribution in [3.05, 3.63) is 41.0 Å². The minimum Gasteiger partial charge on any atom is -0.481 e. The average Bonchev–Trinajstić information content (AvgIpc) is 2.81. The highest BCUT2D eigenvalue weighted by Crippen LogP contribution is 2.34. The van der Waals surface area contributed by atoms with Gasteiger partial charge in [-0.3, -0.25) is 9.59 Å². The Kier molecular flexibility index (Phi) is 7.58. The molecule has 3 unspecified atom stereocenters. The van der Waals surface area contributed by atoms with Crippen LogP contribution in [0.15, 0.2) is 24.3 Å². The second-order valence-corrected chi connectivity index (χ2v) is 7.55. The maximum atomic E-state index is 12.3. The van der Waals surface area contributed by atoms with E-state index < -0.39 is 12.1 Å². The molecule has 4 nitrogen and oxygen atoms in total. The SMILES string of the molecule is Cc1cc(C)cc(/C=C/C2C(O)CC(=O)C2CCCCCCC(=O)O)c1. The third-order valence-corrected chi connectivity index (χ3v) is 5.14. The minimum absolute atomic E-state index is 0.119. The van der Waals surface area contributed by atoms with Gasteiger partial charge in [-0.1, -0.05) is 60.7 Å². The van der Waals surface area contributed by atoms with Crippen molar-refractivity contribution < 1.29 is 19.8 Å². The monoisotopic (exact) mass is 358 g/mol. The van der Waals surface area contributed by atoms with E-state index in [0.717, 1.165) is 31.2 Å². The number of benzene rings is 1. The van der Waals surface area contributed by atoms with E-state index >= 15 is 0 Å². The highest BCUT2D eigenvalue weighted by molar-refractivity contribution is 5.84. The second-order valence-electron chi connectivity index (χ2n) is 7.55. The van der Waals surface area contributed by atoms with Gasteiger partial charge in [0.2, 0.25) is 0 Å². The fraction of sp³-hybridized carbons (Fsp3) is 0.545. The molecular formula is C22H30O4. The van der Waals surface area contributed by atoms with Gasteiger partial charge in [0.1, 0.15) is 5.78 Å². The first-order chi connectivity index (χ1) is 12.4. The Labute approximate surface area is 155 Å². The average molecular weight is 358 g/mol. The van der Waals surface area contributed by atoms with Crippen LogP contribution in [0.5, 0.6) is 0 Å². The summed E-state index contributed by atoms with van der Waals surface area (Å²) >= 11 is 0. The van der Waals surface area contributed by atoms with Gasteiger partial charge >= 0.3 is 5.97 Å². The largest absolute Gasteiger partial charge is 0.481 e. The summed E-state index contributed by atoms with van der Waals surface area (Å²) in [5.74, 6) is -0.845. The number of hydrogen-bond donors (Lipinski definition) is 2. The van der Waals surface area contributed by atoms with E-state index in [1.807, 2.05) is 12.2 Å². The lowest BCUT2D eigenvalue weighted by Crippen LogP contribution is -2.18. The number of aliphatic carboxylic acids is 1. The topological polar surface area (TPSA) is 74.6 Å². The Morgan fingerprint density at radius 2 is 1.77 bits per heavy atom. The second kappa shape index (κ2) is 9.67. The van der Waals surface area contributed by atoms with Crippen LogP contribution in [-0.4, -0.2) is 28.1 Å². The first-order valence-electron chi connectivity index (χ1n) is 9.56. The number of Topliss-reactive ketones (excluding diaryl/α,β-unsaturated/α-hetero) is 1. The van der Waals surface area contributed by atoms with E-state index in [2.05, 4.69) is 32.0 Å². The van der Waals surface area contributed by atoms with Crippen LogP contribution in [0.25, 0.3) is 6.08 Å². The van der Waals surface area contributed by atoms with Crippen LogP contribution in [0, 0.1) is 25.7 Å². The maximum Gasteiger partial charge on any atom is 0.303 e. The van der Waals surface area contributed by atoms with Crippen molar-refractivity contribution in [1.82, 2.24) is 0 Å². The normalized spacial score (nSPS) is 23.0. The van der Waals surface area contributed by atoms with Crippen molar-refractivity contribution in [3.63, 3.8) is 0 Å². The molecule has 1 aromatic carbocycles. The lowest BCUT2D eigenvalue weighted by Gasteiger charge is -2.17. The molecule has 1 fully saturated rings. The number of unbranched alkanes of at least 4 members (excludes halogenated alkanes) is 3. The molecule has 0 spiro atoms. The first kappa shape index (κ1) is 20.4. The van der Waals surface area contributed by atoms with Crippen LogP contribution in [0.3, 0.4) is 0 Å². The molecule has 0 aliphatic heterocycles. The van der Waals surface area contributed by atoms with Crippen LogP contribution < -0.4 is 0 Å². The molecular weight excluding hydrogens is 328 g/mol. The summed E-state index contributed by atoms with van der Waals surface area (Å²) in [5, 5.41) is 18.9. The maximum absolute atomic E-state index is 12.3. The van der Waals surface area contributed by atoms with E-state index in [-0.39, 0.29) is 30.5 Å². The van der Waals surface area contributed by atoms with Gasteiger partial charge in [0.25, 0.3) is 0 Å². The van der Waals surface area contributed by atoms with E-state index in [9.17, 15) is 14.7 Å². The Morgan fingerprint density at radius 3 is 2.42 bits per heavy atom. The molecule has 2 N–H and O–H groups in total. The number of carboxylic acids is 1. The molecule has 3 atom stereocenters. The molecule has 0 heterocycles. The van der Waals surface area contributed by atoms with Gasteiger partial charge in [0.05, 0.1) is 6.10 Å². The molecule has 0 amide bonds. The summed E-state index contributed by atoms with van der Waals surface area (Å²) in [6, 6.07) is 6.33. The molecule has 1 saturated carbocycles. The molecule has 0 aromatic heterocycles. The third-order valence-electron chi connectivity index (χ3n) is 5.14. The summed E-state index contributed by atoms with van der Waals surface area (Å²) in [6.07, 6.45) is 8.04. The van der Waals surface area contributed by atoms with E-state index in [1.54, 1.807) is 0 Å². The van der Waals surface area contributed by atoms with Gasteiger partial charge in [-0.15, -0.1) is 0 Å². The molecule has 4 heteroatoms. The van der Waals surface area contributed by atoms with Crippen LogP contribution in [0.1, 0.15) is 61.6 Å². The molecule has 0 saturated heterocycles. The van der Waals surface area contributed by atoms with Gasteiger partial charge in [0.15, 0.2) is 0 Å². The zero-order valence-corrected chi connectivity index (χ0v) is 15.8. The Bertz CT molecular complexity index is 642. The molecule has 0 radical (unpaired) electrons. The quantitative estimate of drug-likeness (QED) is 0.645. The predicted molar refractivity (Wildman–Crippen MR) is 103 cm³/mol. The van der Waals surface area contributed by atoms with E-state index in [4.69, 9.17) is 5.11 Å². The minimum atomic E-state index is -0.754. The number of rotatable bonds is 9. The fourth-order valence-electron chi connectivity index (χ4n) is 3.91. The van der Waals surface area contributed by atoms with Crippen LogP contribution in [0.2, 0.25) is 0 Å². The van der Waals surface area contributed by atoms with Gasteiger partial charge in [-0.05, 0) is 32.3 Å². The Hall–Kier alpha value is -1.94. The fourth-order valence-corrected chi connectivity index (χ4v) is 3.91. The molecule has 0 bridgehead atoms. The standard InChI is InChI=1S/C22H30O4/c1-15-11-16(2)13-17(12-15)9-10-19-18(20(23)14-21(19)24)7-5-3-4-6-8-22(25)26/h9-13,18-19,21,24H,3-8,14H2,1-2H3,(H,25,26)/b10-9+. The van der Waals surface area contributed by atoms with Crippen molar-refractivity contribution in [1.29, 1.82) is 0 Å². The summed E-state index contributed by atoms with van der Waals surface area (Å²) in [4.78, 5) is 22.8. The number of aryl methyl sites for hydroxylation is 2. The number of carbonyl (C=O) groups excluding carboxylic acids is 1. The van der Waals surface area contributed by atoms with Crippen LogP contribution in [-0.2, 0) is 9.59 Å². The Morgan fingerprint density at radius 1 is 1.12 bits per heavy atom. The number of carbonyl (C=O) groups is 2. The molecule has 1 aliphatic carbocycles. The van der Waals surface area contributed by atoms with Crippen molar-refractivity contribution >= 4 is 17.8 Å². The molecule has 1 aromatic rings. The summed E-state index contributed by atoms with van der Waals surface area (Å²) in [7, 11) is 0. The van der Waals surface area contributed by atoms with E-state index in [0.29, 0.717) is 6.42 Å². The number of aliphatic hydroxyl groups is 1. The molecule has 1 aliphatic rings. The van der Waals surface area contributed by atoms with E-state index in [1.165, 1.54) is 11.1 Å². The highest BCUT2D eigenvalue weighted by Gasteiger charge is 2.39. The highest BCUT2D eigenvalue weighted by atomic mass is 16.4. The van der Waals surface area contributed by atoms with Gasteiger partial charge < -0.3 is 10.2 Å². The summed E-state index contributed by atoms with van der Waals surface area (Å²) in [5.41, 5.74) is 3.50. The van der Waals surface area contributed by atoms with Gasteiger partial charge in [-0.2, -0.15) is 0 Å². The molecule has 26 heavy (non-hydrogen) atoms.